The highest BCUT2D eigenvalue weighted by atomic mass is 35.5. The number of hydrogen-bond donors (Lipinski definition) is 1. The van der Waals surface area contributed by atoms with Crippen LogP contribution in [-0.4, -0.2) is 22.5 Å². The summed E-state index contributed by atoms with van der Waals surface area (Å²) < 4.78 is 0. The lowest BCUT2D eigenvalue weighted by molar-refractivity contribution is -0.140. The molecule has 0 bridgehead atoms. The Balaban J connectivity index is 2.23. The van der Waals surface area contributed by atoms with Gasteiger partial charge in [-0.05, 0) is 28.5 Å². The number of aliphatic hydroxyl groups excluding tert-OH is 1. The third-order valence-electron chi connectivity index (χ3n) is 5.85. The number of aliphatic hydroxyl groups is 1. The van der Waals surface area contributed by atoms with Crippen molar-refractivity contribution in [3.8, 4) is 0 Å². The number of allylic oxidation sites excluding steroid dienone is 2. The van der Waals surface area contributed by atoms with Gasteiger partial charge >= 0.3 is 0 Å². The molecule has 0 saturated heterocycles. The van der Waals surface area contributed by atoms with Crippen LogP contribution in [0.4, 0.5) is 0 Å². The van der Waals surface area contributed by atoms with Gasteiger partial charge in [-0.25, -0.2) is 0 Å². The number of halogens is 2. The first kappa shape index (κ1) is 22.0. The van der Waals surface area contributed by atoms with Crippen molar-refractivity contribution in [3.05, 3.63) is 45.1 Å². The summed E-state index contributed by atoms with van der Waals surface area (Å²) in [6, 6.07) is 4.90. The van der Waals surface area contributed by atoms with Crippen LogP contribution in [0.15, 0.2) is 29.5 Å². The molecule has 2 aliphatic rings. The average Bonchev–Trinajstić information content (AvgIpc) is 2.50. The maximum absolute atomic E-state index is 13.1. The number of Topliss-reactive ketones (excluding diaryl/α,β-unsaturated/α-hetero) is 3. The van der Waals surface area contributed by atoms with Crippen molar-refractivity contribution in [2.24, 2.45) is 16.7 Å². The summed E-state index contributed by atoms with van der Waals surface area (Å²) in [5.41, 5.74) is -0.376. The van der Waals surface area contributed by atoms with Crippen LogP contribution in [0.5, 0.6) is 0 Å². The second kappa shape index (κ2) is 7.55. The van der Waals surface area contributed by atoms with Gasteiger partial charge < -0.3 is 5.11 Å². The van der Waals surface area contributed by atoms with Gasteiger partial charge in [0, 0.05) is 47.2 Å². The molecule has 4 nitrogen and oxygen atoms in total. The van der Waals surface area contributed by atoms with Crippen molar-refractivity contribution in [2.75, 3.05) is 0 Å². The van der Waals surface area contributed by atoms with Crippen molar-refractivity contribution >= 4 is 40.6 Å². The molecule has 1 N–H and O–H groups in total. The van der Waals surface area contributed by atoms with Crippen LogP contribution in [0.1, 0.15) is 64.9 Å². The molecule has 0 spiro atoms. The Bertz CT molecular complexity index is 887. The molecule has 1 aromatic rings. The summed E-state index contributed by atoms with van der Waals surface area (Å²) >= 11 is 12.9. The van der Waals surface area contributed by atoms with Crippen LogP contribution in [0.3, 0.4) is 0 Å². The van der Waals surface area contributed by atoms with E-state index in [4.69, 9.17) is 23.2 Å². The zero-order valence-electron chi connectivity index (χ0n) is 17.1. The quantitative estimate of drug-likeness (QED) is 0.602. The molecule has 1 aromatic carbocycles. The van der Waals surface area contributed by atoms with Gasteiger partial charge in [-0.3, -0.25) is 14.4 Å². The van der Waals surface area contributed by atoms with E-state index in [1.54, 1.807) is 18.2 Å². The first-order chi connectivity index (χ1) is 13.3. The maximum Gasteiger partial charge on any atom is 0.163 e. The van der Waals surface area contributed by atoms with Crippen LogP contribution in [0.25, 0.3) is 0 Å². The molecule has 3 rings (SSSR count). The van der Waals surface area contributed by atoms with Gasteiger partial charge in [-0.15, -0.1) is 0 Å². The molecule has 0 heterocycles. The second-order valence-corrected chi connectivity index (χ2v) is 10.7. The van der Waals surface area contributed by atoms with Crippen LogP contribution >= 0.6 is 23.2 Å². The Morgan fingerprint density at radius 2 is 1.38 bits per heavy atom. The molecule has 0 radical (unpaired) electrons. The van der Waals surface area contributed by atoms with Gasteiger partial charge in [0.05, 0.1) is 5.92 Å². The SMILES string of the molecule is CC1(C)CC(=O)C(C(C2=C(O)CC(C)(C)CC2=O)c2c(Cl)cccc2Cl)C(=O)C1. The lowest BCUT2D eigenvalue weighted by Crippen LogP contribution is -2.43. The monoisotopic (exact) mass is 436 g/mol. The summed E-state index contributed by atoms with van der Waals surface area (Å²) in [4.78, 5) is 39.4. The molecule has 6 heteroatoms. The molecule has 1 atom stereocenters. The number of benzene rings is 1. The van der Waals surface area contributed by atoms with Crippen LogP contribution in [0.2, 0.25) is 10.0 Å². The van der Waals surface area contributed by atoms with Gasteiger partial charge in [-0.1, -0.05) is 57.0 Å². The first-order valence-corrected chi connectivity index (χ1v) is 10.5. The summed E-state index contributed by atoms with van der Waals surface area (Å²) in [6.45, 7) is 7.55. The number of carbonyl (C=O) groups excluding carboxylic acids is 3. The molecule has 1 fully saturated rings. The van der Waals surface area contributed by atoms with E-state index in [9.17, 15) is 19.5 Å². The third-order valence-corrected chi connectivity index (χ3v) is 6.51. The van der Waals surface area contributed by atoms with Crippen molar-refractivity contribution in [2.45, 2.75) is 59.3 Å². The number of hydrogen-bond acceptors (Lipinski definition) is 4. The molecule has 1 saturated carbocycles. The smallest absolute Gasteiger partial charge is 0.163 e. The largest absolute Gasteiger partial charge is 0.512 e. The van der Waals surface area contributed by atoms with Crippen molar-refractivity contribution < 1.29 is 19.5 Å². The van der Waals surface area contributed by atoms with E-state index < -0.39 is 22.7 Å². The minimum atomic E-state index is -1.08. The Kier molecular flexibility index (Phi) is 5.74. The first-order valence-electron chi connectivity index (χ1n) is 9.77. The lowest BCUT2D eigenvalue weighted by atomic mass is 9.62. The predicted molar refractivity (Wildman–Crippen MR) is 113 cm³/mol. The summed E-state index contributed by atoms with van der Waals surface area (Å²) in [5.74, 6) is -2.91. The summed E-state index contributed by atoms with van der Waals surface area (Å²) in [6.07, 6.45) is 0.935. The highest BCUT2D eigenvalue weighted by molar-refractivity contribution is 6.36. The van der Waals surface area contributed by atoms with Gasteiger partial charge in [-0.2, -0.15) is 0 Å². The predicted octanol–water partition coefficient (Wildman–Crippen LogP) is 5.85. The average molecular weight is 437 g/mol. The second-order valence-electron chi connectivity index (χ2n) is 9.84. The van der Waals surface area contributed by atoms with E-state index in [1.807, 2.05) is 27.7 Å². The Morgan fingerprint density at radius 3 is 1.86 bits per heavy atom. The summed E-state index contributed by atoms with van der Waals surface area (Å²) in [5, 5.41) is 11.4. The highest BCUT2D eigenvalue weighted by Gasteiger charge is 2.49. The third kappa shape index (κ3) is 4.29. The van der Waals surface area contributed by atoms with Gasteiger partial charge in [0.2, 0.25) is 0 Å². The Labute approximate surface area is 181 Å². The minimum Gasteiger partial charge on any atom is -0.512 e. The molecular weight excluding hydrogens is 411 g/mol. The van der Waals surface area contributed by atoms with Crippen molar-refractivity contribution in [1.29, 1.82) is 0 Å². The number of ketones is 3. The van der Waals surface area contributed by atoms with E-state index in [1.165, 1.54) is 0 Å². The molecule has 156 valence electrons. The Morgan fingerprint density at radius 1 is 0.897 bits per heavy atom. The van der Waals surface area contributed by atoms with Crippen LogP contribution in [-0.2, 0) is 14.4 Å². The fourth-order valence-electron chi connectivity index (χ4n) is 4.72. The molecule has 1 unspecified atom stereocenters. The maximum atomic E-state index is 13.1. The lowest BCUT2D eigenvalue weighted by Gasteiger charge is -2.39. The number of carbonyl (C=O) groups is 3. The molecule has 2 aliphatic carbocycles. The van der Waals surface area contributed by atoms with E-state index in [0.29, 0.717) is 5.56 Å². The topological polar surface area (TPSA) is 71.4 Å². The molecule has 0 aromatic heterocycles. The van der Waals surface area contributed by atoms with Crippen molar-refractivity contribution in [3.63, 3.8) is 0 Å². The molecule has 0 aliphatic heterocycles. The standard InChI is InChI=1S/C23H26Cl2O4/c1-22(2)8-14(26)19(15(27)9-22)21(18-12(24)6-5-7-13(18)25)20-16(28)10-23(3,4)11-17(20)29/h5-7,19,21,28H,8-11H2,1-4H3. The fourth-order valence-corrected chi connectivity index (χ4v) is 5.35. The van der Waals surface area contributed by atoms with Gasteiger partial charge in [0.15, 0.2) is 5.78 Å². The van der Waals surface area contributed by atoms with E-state index in [0.717, 1.165) is 0 Å². The molecule has 29 heavy (non-hydrogen) atoms. The molecule has 0 amide bonds. The van der Waals surface area contributed by atoms with Crippen LogP contribution in [0, 0.1) is 16.7 Å². The minimum absolute atomic E-state index is 0.0855. The zero-order chi connectivity index (χ0) is 21.7. The zero-order valence-corrected chi connectivity index (χ0v) is 18.7. The van der Waals surface area contributed by atoms with E-state index in [2.05, 4.69) is 0 Å². The van der Waals surface area contributed by atoms with Crippen LogP contribution < -0.4 is 0 Å². The van der Waals surface area contributed by atoms with Gasteiger partial charge in [0.25, 0.3) is 0 Å². The van der Waals surface area contributed by atoms with Crippen molar-refractivity contribution in [1.82, 2.24) is 0 Å². The fraction of sp³-hybridized carbons (Fsp3) is 0.522. The van der Waals surface area contributed by atoms with Gasteiger partial charge in [0.1, 0.15) is 17.3 Å². The highest BCUT2D eigenvalue weighted by Crippen LogP contribution is 2.50. The summed E-state index contributed by atoms with van der Waals surface area (Å²) in [7, 11) is 0. The number of rotatable bonds is 3. The normalized spacial score (nSPS) is 23.4. The van der Waals surface area contributed by atoms with E-state index in [-0.39, 0.29) is 64.4 Å². The molecular formula is C23H26Cl2O4. The van der Waals surface area contributed by atoms with E-state index >= 15 is 0 Å². The Hall–Kier alpha value is -1.65.